The summed E-state index contributed by atoms with van der Waals surface area (Å²) in [4.78, 5) is 4.71. The number of rotatable bonds is 3. The van der Waals surface area contributed by atoms with Crippen molar-refractivity contribution in [3.63, 3.8) is 0 Å². The molecule has 1 nitrogen and oxygen atoms in total. The molecule has 0 unspecified atom stereocenters. The first-order chi connectivity index (χ1) is 10.9. The summed E-state index contributed by atoms with van der Waals surface area (Å²) in [6, 6.07) is 27.6. The zero-order valence-electron chi connectivity index (χ0n) is 12.1. The van der Waals surface area contributed by atoms with Gasteiger partial charge in [-0.3, -0.25) is 0 Å². The Bertz CT molecular complexity index is 859. The van der Waals surface area contributed by atoms with Gasteiger partial charge in [-0.2, -0.15) is 0 Å². The molecule has 0 saturated heterocycles. The summed E-state index contributed by atoms with van der Waals surface area (Å²) in [6.45, 7) is 0. The molecular weight excluding hydrogens is 286 g/mol. The number of para-hydroxylation sites is 1. The summed E-state index contributed by atoms with van der Waals surface area (Å²) in [5.74, 6) is 0. The number of aromatic nitrogens is 1. The summed E-state index contributed by atoms with van der Waals surface area (Å²) >= 11 is 1.78. The molecule has 0 aliphatic heterocycles. The molecule has 4 rings (SSSR count). The quantitative estimate of drug-likeness (QED) is 0.483. The van der Waals surface area contributed by atoms with Crippen molar-refractivity contribution < 1.29 is 0 Å². The molecule has 3 aromatic carbocycles. The van der Waals surface area contributed by atoms with Gasteiger partial charge in [0.05, 0.1) is 15.2 Å². The third-order valence-electron chi connectivity index (χ3n) is 3.75. The van der Waals surface area contributed by atoms with Crippen LogP contribution in [0.1, 0.15) is 10.6 Å². The highest BCUT2D eigenvalue weighted by Gasteiger charge is 2.04. The number of hydrogen-bond acceptors (Lipinski definition) is 2. The third-order valence-corrected chi connectivity index (χ3v) is 4.79. The van der Waals surface area contributed by atoms with E-state index in [4.69, 9.17) is 4.98 Å². The average Bonchev–Trinajstić information content (AvgIpc) is 2.98. The maximum Gasteiger partial charge on any atom is 0.0982 e. The standard InChI is InChI=1S/C20H15NS/c1-2-6-16(7-3-1)17-12-10-15(11-13-17)14-20-21-18-8-4-5-9-19(18)22-20/h1-13H,14H2. The van der Waals surface area contributed by atoms with Crippen LogP contribution in [0.15, 0.2) is 78.9 Å². The van der Waals surface area contributed by atoms with Crippen molar-refractivity contribution in [2.75, 3.05) is 0 Å². The fourth-order valence-corrected chi connectivity index (χ4v) is 3.62. The first-order valence-corrected chi connectivity index (χ1v) is 8.19. The van der Waals surface area contributed by atoms with Crippen LogP contribution in [0.5, 0.6) is 0 Å². The molecule has 0 aliphatic rings. The Morgan fingerprint density at radius 2 is 1.36 bits per heavy atom. The topological polar surface area (TPSA) is 12.9 Å². The summed E-state index contributed by atoms with van der Waals surface area (Å²) < 4.78 is 1.26. The molecule has 106 valence electrons. The summed E-state index contributed by atoms with van der Waals surface area (Å²) in [7, 11) is 0. The van der Waals surface area contributed by atoms with Gasteiger partial charge < -0.3 is 0 Å². The van der Waals surface area contributed by atoms with E-state index in [0.717, 1.165) is 11.9 Å². The van der Waals surface area contributed by atoms with Crippen molar-refractivity contribution >= 4 is 21.6 Å². The number of fused-ring (bicyclic) bond motifs is 1. The second-order valence-corrected chi connectivity index (χ2v) is 6.43. The lowest BCUT2D eigenvalue weighted by molar-refractivity contribution is 1.16. The van der Waals surface area contributed by atoms with Gasteiger partial charge in [-0.15, -0.1) is 11.3 Å². The molecule has 4 aromatic rings. The fraction of sp³-hybridized carbons (Fsp3) is 0.0500. The van der Waals surface area contributed by atoms with E-state index in [2.05, 4.69) is 66.7 Å². The number of thiazole rings is 1. The van der Waals surface area contributed by atoms with Crippen LogP contribution in [0.3, 0.4) is 0 Å². The normalized spacial score (nSPS) is 10.9. The number of nitrogens with zero attached hydrogens (tertiary/aromatic N) is 1. The van der Waals surface area contributed by atoms with Crippen molar-refractivity contribution in [2.24, 2.45) is 0 Å². The lowest BCUT2D eigenvalue weighted by Crippen LogP contribution is -1.87. The molecule has 1 heterocycles. The number of hydrogen-bond donors (Lipinski definition) is 0. The third kappa shape index (κ3) is 2.66. The minimum atomic E-state index is 0.897. The maximum atomic E-state index is 4.71. The van der Waals surface area contributed by atoms with Gasteiger partial charge in [0.2, 0.25) is 0 Å². The Balaban J connectivity index is 1.58. The van der Waals surface area contributed by atoms with Gasteiger partial charge in [-0.25, -0.2) is 4.98 Å². The van der Waals surface area contributed by atoms with E-state index in [1.54, 1.807) is 11.3 Å². The van der Waals surface area contributed by atoms with Crippen LogP contribution in [-0.4, -0.2) is 4.98 Å². The molecule has 0 amide bonds. The maximum absolute atomic E-state index is 4.71. The van der Waals surface area contributed by atoms with Gasteiger partial charge in [0.1, 0.15) is 0 Å². The van der Waals surface area contributed by atoms with Crippen molar-refractivity contribution in [1.82, 2.24) is 4.98 Å². The lowest BCUT2D eigenvalue weighted by atomic mass is 10.0. The van der Waals surface area contributed by atoms with Crippen molar-refractivity contribution in [1.29, 1.82) is 0 Å². The van der Waals surface area contributed by atoms with E-state index in [0.29, 0.717) is 0 Å². The molecule has 2 heteroatoms. The predicted molar refractivity (Wildman–Crippen MR) is 94.3 cm³/mol. The average molecular weight is 301 g/mol. The van der Waals surface area contributed by atoms with Gasteiger partial charge >= 0.3 is 0 Å². The second kappa shape index (κ2) is 5.74. The molecule has 0 bridgehead atoms. The van der Waals surface area contributed by atoms with Gasteiger partial charge in [0, 0.05) is 6.42 Å². The highest BCUT2D eigenvalue weighted by atomic mass is 32.1. The minimum absolute atomic E-state index is 0.897. The first kappa shape index (κ1) is 13.2. The molecule has 0 radical (unpaired) electrons. The SMILES string of the molecule is c1ccc(-c2ccc(Cc3nc4ccccc4s3)cc2)cc1. The summed E-state index contributed by atoms with van der Waals surface area (Å²) in [5.41, 5.74) is 4.92. The predicted octanol–water partition coefficient (Wildman–Crippen LogP) is 5.55. The Morgan fingerprint density at radius 1 is 0.682 bits per heavy atom. The van der Waals surface area contributed by atoms with Crippen LogP contribution < -0.4 is 0 Å². The molecule has 0 spiro atoms. The molecule has 0 aliphatic carbocycles. The zero-order valence-corrected chi connectivity index (χ0v) is 12.9. The van der Waals surface area contributed by atoms with E-state index in [1.165, 1.54) is 26.4 Å². The molecule has 0 fully saturated rings. The molecule has 22 heavy (non-hydrogen) atoms. The van der Waals surface area contributed by atoms with Crippen molar-refractivity contribution in [2.45, 2.75) is 6.42 Å². The molecule has 1 aromatic heterocycles. The van der Waals surface area contributed by atoms with Crippen LogP contribution in [0.2, 0.25) is 0 Å². The first-order valence-electron chi connectivity index (χ1n) is 7.37. The zero-order chi connectivity index (χ0) is 14.8. The van der Waals surface area contributed by atoms with Crippen LogP contribution in [0.25, 0.3) is 21.3 Å². The summed E-state index contributed by atoms with van der Waals surface area (Å²) in [5, 5.41) is 1.17. The molecular formula is C20H15NS. The Morgan fingerprint density at radius 3 is 2.14 bits per heavy atom. The van der Waals surface area contributed by atoms with E-state index in [1.807, 2.05) is 12.1 Å². The highest BCUT2D eigenvalue weighted by Crippen LogP contribution is 2.25. The van der Waals surface area contributed by atoms with Gasteiger partial charge in [0.15, 0.2) is 0 Å². The van der Waals surface area contributed by atoms with E-state index < -0.39 is 0 Å². The highest BCUT2D eigenvalue weighted by molar-refractivity contribution is 7.18. The van der Waals surface area contributed by atoms with Crippen LogP contribution >= 0.6 is 11.3 Å². The monoisotopic (exact) mass is 301 g/mol. The second-order valence-electron chi connectivity index (χ2n) is 5.32. The molecule has 0 saturated carbocycles. The molecule has 0 atom stereocenters. The fourth-order valence-electron chi connectivity index (χ4n) is 2.62. The van der Waals surface area contributed by atoms with Crippen molar-refractivity contribution in [3.05, 3.63) is 89.4 Å². The van der Waals surface area contributed by atoms with Crippen LogP contribution in [0.4, 0.5) is 0 Å². The Labute approximate surface area is 133 Å². The Hall–Kier alpha value is -2.45. The summed E-state index contributed by atoms with van der Waals surface area (Å²) in [6.07, 6.45) is 0.897. The smallest absolute Gasteiger partial charge is 0.0982 e. The van der Waals surface area contributed by atoms with Gasteiger partial charge in [0.25, 0.3) is 0 Å². The largest absolute Gasteiger partial charge is 0.241 e. The van der Waals surface area contributed by atoms with Crippen LogP contribution in [-0.2, 0) is 6.42 Å². The van der Waals surface area contributed by atoms with Crippen molar-refractivity contribution in [3.8, 4) is 11.1 Å². The lowest BCUT2D eigenvalue weighted by Gasteiger charge is -2.03. The molecule has 0 N–H and O–H groups in total. The number of benzene rings is 3. The van der Waals surface area contributed by atoms with E-state index in [-0.39, 0.29) is 0 Å². The minimum Gasteiger partial charge on any atom is -0.241 e. The van der Waals surface area contributed by atoms with E-state index >= 15 is 0 Å². The van der Waals surface area contributed by atoms with E-state index in [9.17, 15) is 0 Å². The van der Waals surface area contributed by atoms with Gasteiger partial charge in [-0.1, -0.05) is 66.7 Å². The Kier molecular flexibility index (Phi) is 3.45. The van der Waals surface area contributed by atoms with Crippen LogP contribution in [0, 0.1) is 0 Å². The van der Waals surface area contributed by atoms with Gasteiger partial charge in [-0.05, 0) is 28.8 Å².